The monoisotopic (exact) mass is 1370 g/mol. The topological polar surface area (TPSA) is 307 Å². The molecule has 3 rings (SSSR count). The molecule has 0 aliphatic carbocycles. The molecule has 0 spiro atoms. The highest BCUT2D eigenvalue weighted by Crippen LogP contribution is 2.33. The second-order valence-electron chi connectivity index (χ2n) is 28.5. The number of rotatable bonds is 63. The van der Waals surface area contributed by atoms with Gasteiger partial charge in [0.05, 0.1) is 38.6 Å². The third-order valence-corrected chi connectivity index (χ3v) is 20.0. The summed E-state index contributed by atoms with van der Waals surface area (Å²) in [6, 6.07) is -0.892. The lowest BCUT2D eigenvalue weighted by atomic mass is 9.96. The lowest BCUT2D eigenvalue weighted by Crippen LogP contribution is -2.66. The smallest absolute Gasteiger partial charge is 0.220 e. The van der Waals surface area contributed by atoms with E-state index in [0.717, 1.165) is 70.6 Å². The number of aliphatic hydroxyl groups is 11. The van der Waals surface area contributed by atoms with Crippen LogP contribution in [0.5, 0.6) is 0 Å². The normalized spacial score (nSPS) is 27.1. The van der Waals surface area contributed by atoms with Crippen molar-refractivity contribution in [3.63, 3.8) is 0 Å². The van der Waals surface area contributed by atoms with E-state index in [1.165, 1.54) is 225 Å². The van der Waals surface area contributed by atoms with Crippen molar-refractivity contribution in [2.24, 2.45) is 0 Å². The van der Waals surface area contributed by atoms with Crippen LogP contribution in [0.3, 0.4) is 0 Å². The molecule has 3 saturated heterocycles. The average Bonchev–Trinajstić information content (AvgIpc) is 0.798. The molecule has 566 valence electrons. The van der Waals surface area contributed by atoms with Gasteiger partial charge in [0.2, 0.25) is 5.91 Å². The number of ether oxygens (including phenoxy) is 6. The van der Waals surface area contributed by atoms with Crippen LogP contribution in [-0.4, -0.2) is 193 Å². The highest BCUT2D eigenvalue weighted by molar-refractivity contribution is 5.76. The van der Waals surface area contributed by atoms with Crippen molar-refractivity contribution in [2.75, 3.05) is 26.4 Å². The van der Waals surface area contributed by atoms with Gasteiger partial charge in [-0.3, -0.25) is 4.79 Å². The van der Waals surface area contributed by atoms with Gasteiger partial charge in [-0.05, 0) is 44.9 Å². The van der Waals surface area contributed by atoms with Gasteiger partial charge in [-0.15, -0.1) is 0 Å². The molecule has 0 radical (unpaired) electrons. The zero-order chi connectivity index (χ0) is 69.6. The quantitative estimate of drug-likeness (QED) is 0.0199. The number of carbonyl (C=O) groups is 1. The van der Waals surface area contributed by atoms with E-state index < -0.39 is 124 Å². The van der Waals surface area contributed by atoms with Crippen molar-refractivity contribution < 1.29 is 89.4 Å². The Morgan fingerprint density at radius 1 is 0.375 bits per heavy atom. The Balaban J connectivity index is 1.35. The van der Waals surface area contributed by atoms with Gasteiger partial charge in [-0.1, -0.05) is 301 Å². The van der Waals surface area contributed by atoms with E-state index in [4.69, 9.17) is 28.4 Å². The number of hydrogen-bond donors (Lipinski definition) is 12. The molecule has 0 bridgehead atoms. The van der Waals surface area contributed by atoms with Gasteiger partial charge in [0, 0.05) is 6.42 Å². The maximum atomic E-state index is 13.5. The minimum atomic E-state index is -1.97. The van der Waals surface area contributed by atoms with E-state index in [1.807, 2.05) is 0 Å². The number of carbonyl (C=O) groups excluding carboxylic acids is 1. The first-order valence-electron chi connectivity index (χ1n) is 39.6. The summed E-state index contributed by atoms with van der Waals surface area (Å²) >= 11 is 0. The Labute approximate surface area is 581 Å². The van der Waals surface area contributed by atoms with Crippen LogP contribution < -0.4 is 5.32 Å². The highest BCUT2D eigenvalue weighted by Gasteiger charge is 2.54. The molecule has 17 atom stereocenters. The van der Waals surface area contributed by atoms with Gasteiger partial charge < -0.3 is 89.9 Å². The minimum Gasteiger partial charge on any atom is -0.394 e. The summed E-state index contributed by atoms with van der Waals surface area (Å²) in [5.41, 5.74) is 0. The maximum absolute atomic E-state index is 13.5. The number of aliphatic hydroxyl groups excluding tert-OH is 11. The molecule has 3 fully saturated rings. The van der Waals surface area contributed by atoms with Crippen LogP contribution in [0.1, 0.15) is 328 Å². The van der Waals surface area contributed by atoms with Crippen LogP contribution in [0.4, 0.5) is 0 Å². The molecule has 0 aromatic rings. The lowest BCUT2D eigenvalue weighted by Gasteiger charge is -2.48. The van der Waals surface area contributed by atoms with E-state index in [2.05, 4.69) is 43.5 Å². The third-order valence-electron chi connectivity index (χ3n) is 20.0. The highest BCUT2D eigenvalue weighted by atomic mass is 16.8. The van der Waals surface area contributed by atoms with Gasteiger partial charge >= 0.3 is 0 Å². The average molecular weight is 1370 g/mol. The van der Waals surface area contributed by atoms with Crippen molar-refractivity contribution in [3.8, 4) is 0 Å². The summed E-state index contributed by atoms with van der Waals surface area (Å²) in [6.07, 6.45) is 42.8. The number of unbranched alkanes of at least 4 members (excludes halogenated alkanes) is 43. The molecular formula is C77H145NO18. The van der Waals surface area contributed by atoms with Crippen LogP contribution in [0.25, 0.3) is 0 Å². The zero-order valence-corrected chi connectivity index (χ0v) is 60.4. The maximum Gasteiger partial charge on any atom is 0.220 e. The van der Waals surface area contributed by atoms with Crippen molar-refractivity contribution in [3.05, 3.63) is 24.3 Å². The van der Waals surface area contributed by atoms with Crippen LogP contribution in [0.15, 0.2) is 24.3 Å². The van der Waals surface area contributed by atoms with Crippen molar-refractivity contribution >= 4 is 5.91 Å². The van der Waals surface area contributed by atoms with Crippen molar-refractivity contribution in [1.29, 1.82) is 0 Å². The molecule has 17 unspecified atom stereocenters. The molecule has 96 heavy (non-hydrogen) atoms. The van der Waals surface area contributed by atoms with Crippen LogP contribution >= 0.6 is 0 Å². The first-order chi connectivity index (χ1) is 46.8. The van der Waals surface area contributed by atoms with Crippen LogP contribution in [0.2, 0.25) is 0 Å². The summed E-state index contributed by atoms with van der Waals surface area (Å²) in [7, 11) is 0. The van der Waals surface area contributed by atoms with Crippen LogP contribution in [0, 0.1) is 0 Å². The summed E-state index contributed by atoms with van der Waals surface area (Å²) in [5, 5.41) is 121. The molecule has 12 N–H and O–H groups in total. The number of allylic oxidation sites excluding steroid dienone is 4. The summed E-state index contributed by atoms with van der Waals surface area (Å²) in [5.74, 6) is -0.246. The summed E-state index contributed by atoms with van der Waals surface area (Å²) in [6.45, 7) is 1.82. The lowest BCUT2D eigenvalue weighted by molar-refractivity contribution is -0.379. The number of nitrogens with one attached hydrogen (secondary N) is 1. The largest absolute Gasteiger partial charge is 0.394 e. The third kappa shape index (κ3) is 39.1. The predicted octanol–water partition coefficient (Wildman–Crippen LogP) is 12.6. The SMILES string of the molecule is CCCCCC/C=C\C/C=C\CCCCCCCCCC(=O)NC(COC1OC(CO)C(OC2OC(CO)C(OC3OC(CO)C(O)C(O)C3O)C(O)C2O)C(O)C1O)C(O)CCCCCCCCCCCCCCCCCCCCCCCCCCCCCCCCCCC. The molecule has 0 aromatic heterocycles. The first-order valence-corrected chi connectivity index (χ1v) is 39.6. The van der Waals surface area contributed by atoms with Gasteiger partial charge in [0.15, 0.2) is 18.9 Å². The van der Waals surface area contributed by atoms with Crippen LogP contribution in [-0.2, 0) is 33.2 Å². The van der Waals surface area contributed by atoms with Crippen molar-refractivity contribution in [1.82, 2.24) is 5.32 Å². The summed E-state index contributed by atoms with van der Waals surface area (Å²) < 4.78 is 34.5. The number of amides is 1. The predicted molar refractivity (Wildman–Crippen MR) is 379 cm³/mol. The Kier molecular flexibility index (Phi) is 54.1. The Bertz CT molecular complexity index is 1830. The molecule has 19 heteroatoms. The fourth-order valence-corrected chi connectivity index (χ4v) is 13.6. The fraction of sp³-hybridized carbons (Fsp3) is 0.935. The van der Waals surface area contributed by atoms with E-state index in [0.29, 0.717) is 12.8 Å². The molecule has 0 aromatic carbocycles. The van der Waals surface area contributed by atoms with E-state index >= 15 is 0 Å². The molecular weight excluding hydrogens is 1230 g/mol. The Morgan fingerprint density at radius 3 is 1.07 bits per heavy atom. The van der Waals surface area contributed by atoms with Gasteiger partial charge in [-0.25, -0.2) is 0 Å². The number of hydrogen-bond acceptors (Lipinski definition) is 18. The summed E-state index contributed by atoms with van der Waals surface area (Å²) in [4.78, 5) is 13.5. The molecule has 1 amide bonds. The minimum absolute atomic E-state index is 0.246. The Hall–Kier alpha value is -1.73. The molecule has 19 nitrogen and oxygen atoms in total. The Morgan fingerprint density at radius 2 is 0.688 bits per heavy atom. The second-order valence-corrected chi connectivity index (χ2v) is 28.5. The van der Waals surface area contributed by atoms with Gasteiger partial charge in [-0.2, -0.15) is 0 Å². The molecule has 3 aliphatic heterocycles. The van der Waals surface area contributed by atoms with Gasteiger partial charge in [0.25, 0.3) is 0 Å². The molecule has 3 heterocycles. The fourth-order valence-electron chi connectivity index (χ4n) is 13.6. The van der Waals surface area contributed by atoms with E-state index in [1.54, 1.807) is 0 Å². The second kappa shape index (κ2) is 58.7. The molecule has 3 aliphatic rings. The zero-order valence-electron chi connectivity index (χ0n) is 60.4. The molecule has 0 saturated carbocycles. The van der Waals surface area contributed by atoms with Gasteiger partial charge in [0.1, 0.15) is 73.2 Å². The van der Waals surface area contributed by atoms with Crippen molar-refractivity contribution in [2.45, 2.75) is 433 Å². The first kappa shape index (κ1) is 88.5. The van der Waals surface area contributed by atoms with E-state index in [-0.39, 0.29) is 18.9 Å². The van der Waals surface area contributed by atoms with E-state index in [9.17, 15) is 61.0 Å². The standard InChI is InChI=1S/C77H145NO18/c1-3-5-7-9-11-13-15-17-19-21-23-24-25-26-27-28-29-30-31-32-33-34-35-36-37-38-40-42-44-46-48-50-52-54-61(82)60(78-65(83)55-53-51-49-47-45-43-41-39-22-20-18-16-14-12-10-8-6-4-2)59-91-75-71(89)68(86)73(63(57-80)93-75)96-77-72(90)69(87)74(64(58-81)94-77)95-76-70(88)67(85)66(84)62(56-79)92-76/h14,16,20,22,60-64,66-77,79-82,84-90H,3-13,15,17-19,21,23-59H2,1-2H3,(H,78,83)/b16-14-,22-20-.